The second kappa shape index (κ2) is 10.9. The monoisotopic (exact) mass is 643 g/mol. The third-order valence-electron chi connectivity index (χ3n) is 8.46. The maximum absolute atomic E-state index is 13.9. The van der Waals surface area contributed by atoms with Crippen LogP contribution in [0.15, 0.2) is 47.3 Å². The molecule has 1 aliphatic carbocycles. The number of fused-ring (bicyclic) bond motifs is 2. The molecule has 1 aliphatic heterocycles. The molecule has 4 heterocycles. The summed E-state index contributed by atoms with van der Waals surface area (Å²) in [7, 11) is 0. The van der Waals surface area contributed by atoms with Crippen molar-refractivity contribution in [3.8, 4) is 11.1 Å². The van der Waals surface area contributed by atoms with E-state index in [1.165, 1.54) is 6.92 Å². The number of rotatable bonds is 8. The first-order chi connectivity index (χ1) is 20.4. The van der Waals surface area contributed by atoms with Gasteiger partial charge in [-0.1, -0.05) is 26.8 Å². The van der Waals surface area contributed by atoms with Crippen molar-refractivity contribution in [3.63, 3.8) is 0 Å². The summed E-state index contributed by atoms with van der Waals surface area (Å²) in [6.07, 6.45) is 5.79. The molecule has 0 unspecified atom stereocenters. The Kier molecular flexibility index (Phi) is 7.40. The summed E-state index contributed by atoms with van der Waals surface area (Å²) in [6.45, 7) is 9.61. The summed E-state index contributed by atoms with van der Waals surface area (Å²) in [5, 5.41) is 8.18. The molecule has 2 aliphatic rings. The van der Waals surface area contributed by atoms with Crippen molar-refractivity contribution in [1.82, 2.24) is 29.6 Å². The molecule has 1 aromatic carbocycles. The zero-order valence-electron chi connectivity index (χ0n) is 24.9. The summed E-state index contributed by atoms with van der Waals surface area (Å²) < 4.78 is 2.23. The SMILES string of the molecule is CC(=O)c1nn(CC(=O)N2[C@H](C(=O)Nc3cc(CC(C)C)cc(Br)n3)C[C@@]3(C)C[C@@H]23)c2ccc(-c3cnc(C)nc3)cc12. The molecule has 2 amide bonds. The highest BCUT2D eigenvalue weighted by Crippen LogP contribution is 2.59. The van der Waals surface area contributed by atoms with Crippen LogP contribution in [0.2, 0.25) is 0 Å². The van der Waals surface area contributed by atoms with Gasteiger partial charge in [0.1, 0.15) is 34.5 Å². The number of likely N-dealkylation sites (tertiary alicyclic amines) is 1. The van der Waals surface area contributed by atoms with Gasteiger partial charge in [-0.3, -0.25) is 19.1 Å². The van der Waals surface area contributed by atoms with Crippen LogP contribution < -0.4 is 5.32 Å². The predicted octanol–water partition coefficient (Wildman–Crippen LogP) is 5.38. The summed E-state index contributed by atoms with van der Waals surface area (Å²) in [5.74, 6) is 0.947. The van der Waals surface area contributed by atoms with Crippen LogP contribution in [-0.4, -0.2) is 59.3 Å². The molecule has 0 spiro atoms. The second-order valence-electron chi connectivity index (χ2n) is 12.5. The van der Waals surface area contributed by atoms with Crippen molar-refractivity contribution in [2.45, 2.75) is 72.5 Å². The van der Waals surface area contributed by atoms with Gasteiger partial charge in [0.2, 0.25) is 11.8 Å². The Morgan fingerprint density at radius 2 is 1.84 bits per heavy atom. The molecule has 0 bridgehead atoms. The van der Waals surface area contributed by atoms with E-state index in [4.69, 9.17) is 0 Å². The fraction of sp³-hybridized carbons (Fsp3) is 0.406. The largest absolute Gasteiger partial charge is 0.325 e. The van der Waals surface area contributed by atoms with Crippen LogP contribution in [0.3, 0.4) is 0 Å². The quantitative estimate of drug-likeness (QED) is 0.202. The number of Topliss-reactive ketones (excluding diaryl/α,β-unsaturated/α-hetero) is 1. The molecule has 0 radical (unpaired) electrons. The number of hydrogen-bond acceptors (Lipinski definition) is 7. The summed E-state index contributed by atoms with van der Waals surface area (Å²) in [6, 6.07) is 8.88. The van der Waals surface area contributed by atoms with E-state index in [-0.39, 0.29) is 35.6 Å². The van der Waals surface area contributed by atoms with Crippen LogP contribution in [0.5, 0.6) is 0 Å². The molecule has 2 fully saturated rings. The first-order valence-electron chi connectivity index (χ1n) is 14.5. The van der Waals surface area contributed by atoms with Crippen LogP contribution in [0.1, 0.15) is 62.4 Å². The highest BCUT2D eigenvalue weighted by atomic mass is 79.9. The Balaban J connectivity index is 1.26. The molecule has 43 heavy (non-hydrogen) atoms. The normalized spacial score (nSPS) is 20.9. The van der Waals surface area contributed by atoms with Crippen LogP contribution in [0.4, 0.5) is 5.82 Å². The Hall–Kier alpha value is -3.99. The van der Waals surface area contributed by atoms with Crippen molar-refractivity contribution in [2.24, 2.45) is 11.3 Å². The fourth-order valence-electron chi connectivity index (χ4n) is 6.26. The van der Waals surface area contributed by atoms with Gasteiger partial charge in [-0.2, -0.15) is 5.10 Å². The fourth-order valence-corrected chi connectivity index (χ4v) is 6.75. The van der Waals surface area contributed by atoms with Gasteiger partial charge in [0.05, 0.1) is 5.52 Å². The number of amides is 2. The van der Waals surface area contributed by atoms with E-state index in [0.717, 1.165) is 29.5 Å². The second-order valence-corrected chi connectivity index (χ2v) is 13.3. The minimum atomic E-state index is -0.618. The van der Waals surface area contributed by atoms with Gasteiger partial charge in [0.25, 0.3) is 0 Å². The number of carbonyl (C=O) groups is 3. The van der Waals surface area contributed by atoms with E-state index in [9.17, 15) is 14.4 Å². The van der Waals surface area contributed by atoms with E-state index in [2.05, 4.69) is 62.1 Å². The number of anilines is 1. The minimum absolute atomic E-state index is 0.00929. The zero-order valence-corrected chi connectivity index (χ0v) is 26.5. The van der Waals surface area contributed by atoms with Crippen molar-refractivity contribution in [3.05, 3.63) is 64.4 Å². The maximum Gasteiger partial charge on any atom is 0.248 e. The van der Waals surface area contributed by atoms with Crippen molar-refractivity contribution in [2.75, 3.05) is 5.32 Å². The lowest BCUT2D eigenvalue weighted by atomic mass is 10.0. The molecule has 3 aromatic heterocycles. The number of benzene rings is 1. The predicted molar refractivity (Wildman–Crippen MR) is 166 cm³/mol. The highest BCUT2D eigenvalue weighted by Gasteiger charge is 2.64. The average molecular weight is 645 g/mol. The molecule has 11 heteroatoms. The van der Waals surface area contributed by atoms with Crippen LogP contribution in [0.25, 0.3) is 22.0 Å². The van der Waals surface area contributed by atoms with E-state index in [1.807, 2.05) is 37.3 Å². The third-order valence-corrected chi connectivity index (χ3v) is 8.86. The summed E-state index contributed by atoms with van der Waals surface area (Å²) >= 11 is 3.46. The van der Waals surface area contributed by atoms with Gasteiger partial charge in [-0.15, -0.1) is 0 Å². The van der Waals surface area contributed by atoms with E-state index >= 15 is 0 Å². The lowest BCUT2D eigenvalue weighted by Crippen LogP contribution is -2.46. The maximum atomic E-state index is 13.9. The van der Waals surface area contributed by atoms with Crippen LogP contribution in [-0.2, 0) is 22.6 Å². The molecule has 3 atom stereocenters. The Morgan fingerprint density at radius 1 is 1.09 bits per heavy atom. The Bertz CT molecular complexity index is 1770. The van der Waals surface area contributed by atoms with Gasteiger partial charge in [0.15, 0.2) is 5.78 Å². The number of hydrogen-bond donors (Lipinski definition) is 1. The van der Waals surface area contributed by atoms with E-state index in [0.29, 0.717) is 45.2 Å². The van der Waals surface area contributed by atoms with Gasteiger partial charge < -0.3 is 10.2 Å². The minimum Gasteiger partial charge on any atom is -0.325 e. The average Bonchev–Trinajstić information content (AvgIpc) is 3.30. The van der Waals surface area contributed by atoms with Gasteiger partial charge in [0, 0.05) is 36.3 Å². The highest BCUT2D eigenvalue weighted by molar-refractivity contribution is 9.10. The zero-order chi connectivity index (χ0) is 30.6. The molecule has 1 saturated carbocycles. The number of carbonyl (C=O) groups excluding carboxylic acids is 3. The molecule has 1 N–H and O–H groups in total. The number of pyridine rings is 1. The van der Waals surface area contributed by atoms with Gasteiger partial charge in [-0.05, 0) is 88.8 Å². The molecule has 6 rings (SSSR count). The number of aryl methyl sites for hydroxylation is 1. The number of aromatic nitrogens is 5. The molecule has 10 nitrogen and oxygen atoms in total. The number of ketones is 1. The number of nitrogens with one attached hydrogen (secondary N) is 1. The van der Waals surface area contributed by atoms with Gasteiger partial charge >= 0.3 is 0 Å². The van der Waals surface area contributed by atoms with Crippen molar-refractivity contribution >= 4 is 50.2 Å². The third kappa shape index (κ3) is 5.70. The lowest BCUT2D eigenvalue weighted by molar-refractivity contribution is -0.138. The summed E-state index contributed by atoms with van der Waals surface area (Å²) in [5.41, 5.74) is 3.62. The number of piperidine rings is 1. The Morgan fingerprint density at radius 3 is 2.53 bits per heavy atom. The first-order valence-corrected chi connectivity index (χ1v) is 15.3. The molecular formula is C32H34BrN7O3. The topological polar surface area (TPSA) is 123 Å². The molecule has 222 valence electrons. The smallest absolute Gasteiger partial charge is 0.248 e. The van der Waals surface area contributed by atoms with Gasteiger partial charge in [-0.25, -0.2) is 15.0 Å². The van der Waals surface area contributed by atoms with Crippen LogP contribution in [0, 0.1) is 18.3 Å². The lowest BCUT2D eigenvalue weighted by Gasteiger charge is -2.27. The standard InChI is InChI=1S/C32H34BrN7O3/c1-17(2)8-20-9-27(33)36-28(10-20)37-31(43)25-12-32(5)13-26(32)40(25)29(42)16-39-24-7-6-21(22-14-34-19(4)35-15-22)11-23(24)30(38-39)18(3)41/h6-7,9-11,14-15,17,25-26H,8,12-13,16H2,1-5H3,(H,36,37,43)/t25-,26+,32-/m0/s1. The molecule has 1 saturated heterocycles. The van der Waals surface area contributed by atoms with E-state index < -0.39 is 6.04 Å². The van der Waals surface area contributed by atoms with Crippen molar-refractivity contribution < 1.29 is 14.4 Å². The molecular weight excluding hydrogens is 610 g/mol. The summed E-state index contributed by atoms with van der Waals surface area (Å²) in [4.78, 5) is 54.8. The van der Waals surface area contributed by atoms with E-state index in [1.54, 1.807) is 22.0 Å². The van der Waals surface area contributed by atoms with Crippen LogP contribution >= 0.6 is 15.9 Å². The molecule has 4 aromatic rings. The van der Waals surface area contributed by atoms with Crippen molar-refractivity contribution in [1.29, 1.82) is 0 Å². The first kappa shape index (κ1) is 29.1. The number of nitrogens with zero attached hydrogens (tertiary/aromatic N) is 6. The Labute approximate surface area is 258 Å². The number of halogens is 1.